The zero-order valence-electron chi connectivity index (χ0n) is 16.3. The van der Waals surface area contributed by atoms with Crippen molar-refractivity contribution in [1.82, 2.24) is 15.6 Å². The summed E-state index contributed by atoms with van der Waals surface area (Å²) in [4.78, 5) is 14.5. The largest absolute Gasteiger partial charge is 0.493 e. The van der Waals surface area contributed by atoms with Gasteiger partial charge in [0.15, 0.2) is 11.5 Å². The minimum Gasteiger partial charge on any atom is -0.493 e. The van der Waals surface area contributed by atoms with Gasteiger partial charge in [0, 0.05) is 16.0 Å². The van der Waals surface area contributed by atoms with Gasteiger partial charge >= 0.3 is 0 Å². The summed E-state index contributed by atoms with van der Waals surface area (Å²) in [7, 11) is 3.19. The van der Waals surface area contributed by atoms with Crippen molar-refractivity contribution in [3.05, 3.63) is 51.3 Å². The lowest BCUT2D eigenvalue weighted by Gasteiger charge is -2.09. The summed E-state index contributed by atoms with van der Waals surface area (Å²) in [5, 5.41) is 11.2. The van der Waals surface area contributed by atoms with Gasteiger partial charge in [-0.05, 0) is 55.5 Å². The number of aromatic amines is 1. The van der Waals surface area contributed by atoms with Gasteiger partial charge in [-0.25, -0.2) is 5.43 Å². The van der Waals surface area contributed by atoms with Crippen molar-refractivity contribution >= 4 is 23.5 Å². The van der Waals surface area contributed by atoms with Crippen LogP contribution in [0.4, 0.5) is 0 Å². The number of nitrogens with zero attached hydrogens (tertiary/aromatic N) is 2. The maximum Gasteiger partial charge on any atom is 0.281 e. The number of fused-ring (bicyclic) bond motifs is 1. The van der Waals surface area contributed by atoms with Crippen LogP contribution in [0.2, 0.25) is 0 Å². The average Bonchev–Trinajstić information content (AvgIpc) is 3.40. The second-order valence-corrected chi connectivity index (χ2v) is 7.87. The molecule has 2 aromatic heterocycles. The quantitative estimate of drug-likeness (QED) is 0.478. The number of carbonyl (C=O) groups excluding carboxylic acids is 1. The zero-order chi connectivity index (χ0) is 20.2. The standard InChI is InChI=1S/C21H22N4O3S/c1-27-16-8-7-14(9-17(16)28-2)20-15(11-22-24-20)12-23-25-21(26)19-10-13-5-3-4-6-18(13)29-19/h7-12H,3-6H2,1-2H3,(H,22,24)(H,25,26)/b23-12-. The van der Waals surface area contributed by atoms with Crippen LogP contribution in [0.1, 0.15) is 38.5 Å². The van der Waals surface area contributed by atoms with Crippen molar-refractivity contribution in [2.24, 2.45) is 5.10 Å². The van der Waals surface area contributed by atoms with E-state index >= 15 is 0 Å². The van der Waals surface area contributed by atoms with Gasteiger partial charge in [0.05, 0.1) is 37.2 Å². The Hall–Kier alpha value is -3.13. The molecule has 2 N–H and O–H groups in total. The number of nitrogens with one attached hydrogen (secondary N) is 2. The molecule has 0 spiro atoms. The van der Waals surface area contributed by atoms with Crippen molar-refractivity contribution in [1.29, 1.82) is 0 Å². The molecule has 1 amide bonds. The third-order valence-corrected chi connectivity index (χ3v) is 6.17. The number of aryl methyl sites for hydroxylation is 2. The maximum absolute atomic E-state index is 12.4. The molecular weight excluding hydrogens is 388 g/mol. The van der Waals surface area contributed by atoms with E-state index in [4.69, 9.17) is 9.47 Å². The second-order valence-electron chi connectivity index (χ2n) is 6.74. The van der Waals surface area contributed by atoms with Crippen LogP contribution in [0.15, 0.2) is 35.6 Å². The number of methoxy groups -OCH3 is 2. The summed E-state index contributed by atoms with van der Waals surface area (Å²) in [6.07, 6.45) is 7.77. The van der Waals surface area contributed by atoms with Crippen molar-refractivity contribution < 1.29 is 14.3 Å². The van der Waals surface area contributed by atoms with Gasteiger partial charge in [0.2, 0.25) is 0 Å². The van der Waals surface area contributed by atoms with Gasteiger partial charge in [0.25, 0.3) is 5.91 Å². The second kappa shape index (κ2) is 8.48. The molecule has 0 bridgehead atoms. The van der Waals surface area contributed by atoms with E-state index in [9.17, 15) is 4.79 Å². The van der Waals surface area contributed by atoms with E-state index in [1.54, 1.807) is 38.0 Å². The Labute approximate surface area is 172 Å². The van der Waals surface area contributed by atoms with E-state index in [2.05, 4.69) is 20.7 Å². The van der Waals surface area contributed by atoms with Crippen molar-refractivity contribution in [2.75, 3.05) is 14.2 Å². The Morgan fingerprint density at radius 1 is 1.21 bits per heavy atom. The number of rotatable bonds is 6. The highest BCUT2D eigenvalue weighted by molar-refractivity contribution is 7.14. The molecule has 7 nitrogen and oxygen atoms in total. The Morgan fingerprint density at radius 3 is 2.83 bits per heavy atom. The topological polar surface area (TPSA) is 88.6 Å². The molecule has 29 heavy (non-hydrogen) atoms. The Bertz CT molecular complexity index is 1030. The van der Waals surface area contributed by atoms with E-state index in [1.165, 1.54) is 23.3 Å². The van der Waals surface area contributed by atoms with Crippen LogP contribution in [-0.4, -0.2) is 36.5 Å². The lowest BCUT2D eigenvalue weighted by Crippen LogP contribution is -2.16. The highest BCUT2D eigenvalue weighted by Crippen LogP contribution is 2.32. The highest BCUT2D eigenvalue weighted by atomic mass is 32.1. The molecule has 0 saturated heterocycles. The van der Waals surface area contributed by atoms with Crippen molar-refractivity contribution in [3.63, 3.8) is 0 Å². The summed E-state index contributed by atoms with van der Waals surface area (Å²) in [6.45, 7) is 0. The number of thiophene rings is 1. The molecule has 150 valence electrons. The van der Waals surface area contributed by atoms with Gasteiger partial charge < -0.3 is 9.47 Å². The van der Waals surface area contributed by atoms with Crippen molar-refractivity contribution in [3.8, 4) is 22.8 Å². The van der Waals surface area contributed by atoms with Crippen LogP contribution in [0, 0.1) is 0 Å². The summed E-state index contributed by atoms with van der Waals surface area (Å²) in [6, 6.07) is 7.59. The van der Waals surface area contributed by atoms with Crippen LogP contribution in [0.25, 0.3) is 11.3 Å². The zero-order valence-corrected chi connectivity index (χ0v) is 17.1. The first kappa shape index (κ1) is 19.2. The lowest BCUT2D eigenvalue weighted by atomic mass is 9.99. The smallest absolute Gasteiger partial charge is 0.281 e. The predicted octanol–water partition coefficient (Wildman–Crippen LogP) is 3.80. The normalized spacial score (nSPS) is 13.3. The summed E-state index contributed by atoms with van der Waals surface area (Å²) >= 11 is 1.57. The molecule has 0 atom stereocenters. The van der Waals surface area contributed by atoms with Gasteiger partial charge in [-0.3, -0.25) is 9.89 Å². The lowest BCUT2D eigenvalue weighted by molar-refractivity contribution is 0.0959. The Kier molecular flexibility index (Phi) is 5.62. The van der Waals surface area contributed by atoms with Gasteiger partial charge in [-0.2, -0.15) is 10.2 Å². The molecule has 8 heteroatoms. The molecule has 0 radical (unpaired) electrons. The van der Waals surface area contributed by atoms with Crippen LogP contribution in [0.3, 0.4) is 0 Å². The molecule has 0 aliphatic heterocycles. The Morgan fingerprint density at radius 2 is 2.03 bits per heavy atom. The minimum atomic E-state index is -0.184. The van der Waals surface area contributed by atoms with Gasteiger partial charge in [-0.15, -0.1) is 11.3 Å². The third kappa shape index (κ3) is 4.02. The first-order valence-corrected chi connectivity index (χ1v) is 10.2. The van der Waals surface area contributed by atoms with E-state index in [-0.39, 0.29) is 5.91 Å². The molecule has 4 rings (SSSR count). The van der Waals surface area contributed by atoms with Gasteiger partial charge in [0.1, 0.15) is 0 Å². The molecule has 2 heterocycles. The number of carbonyl (C=O) groups is 1. The summed E-state index contributed by atoms with van der Waals surface area (Å²) in [5.74, 6) is 1.09. The highest BCUT2D eigenvalue weighted by Gasteiger charge is 2.17. The first-order chi connectivity index (χ1) is 14.2. The molecule has 0 fully saturated rings. The maximum atomic E-state index is 12.4. The number of ether oxygens (including phenoxy) is 2. The molecule has 0 unspecified atom stereocenters. The number of benzene rings is 1. The molecule has 1 aliphatic carbocycles. The number of hydrogen-bond donors (Lipinski definition) is 2. The monoisotopic (exact) mass is 410 g/mol. The molecule has 1 aliphatic rings. The first-order valence-electron chi connectivity index (χ1n) is 9.40. The van der Waals surface area contributed by atoms with E-state index in [0.29, 0.717) is 16.4 Å². The fourth-order valence-electron chi connectivity index (χ4n) is 3.43. The van der Waals surface area contributed by atoms with Crippen LogP contribution in [0.5, 0.6) is 11.5 Å². The van der Waals surface area contributed by atoms with Crippen LogP contribution < -0.4 is 14.9 Å². The molecular formula is C21H22N4O3S. The summed E-state index contributed by atoms with van der Waals surface area (Å²) in [5.41, 5.74) is 6.33. The van der Waals surface area contributed by atoms with Crippen molar-refractivity contribution in [2.45, 2.75) is 25.7 Å². The molecule has 0 saturated carbocycles. The number of aromatic nitrogens is 2. The van der Waals surface area contributed by atoms with E-state index in [1.807, 2.05) is 24.3 Å². The average molecular weight is 410 g/mol. The predicted molar refractivity (Wildman–Crippen MR) is 113 cm³/mol. The SMILES string of the molecule is COc1ccc(-c2[nH]ncc2/C=N\NC(=O)c2cc3c(s2)CCCC3)cc1OC. The van der Waals surface area contributed by atoms with Crippen LogP contribution in [-0.2, 0) is 12.8 Å². The molecule has 3 aromatic rings. The fourth-order valence-corrected chi connectivity index (χ4v) is 4.58. The fraction of sp³-hybridized carbons (Fsp3) is 0.286. The van der Waals surface area contributed by atoms with Gasteiger partial charge in [-0.1, -0.05) is 0 Å². The Balaban J connectivity index is 1.48. The number of hydrazone groups is 1. The molecule has 1 aromatic carbocycles. The minimum absolute atomic E-state index is 0.184. The summed E-state index contributed by atoms with van der Waals surface area (Å²) < 4.78 is 10.6. The number of H-pyrrole nitrogens is 1. The number of amides is 1. The van der Waals surface area contributed by atoms with E-state index < -0.39 is 0 Å². The van der Waals surface area contributed by atoms with Crippen LogP contribution >= 0.6 is 11.3 Å². The number of hydrogen-bond acceptors (Lipinski definition) is 6. The third-order valence-electron chi connectivity index (χ3n) is 4.93. The van der Waals surface area contributed by atoms with E-state index in [0.717, 1.165) is 29.7 Å².